The van der Waals surface area contributed by atoms with E-state index in [9.17, 15) is 4.79 Å². The third kappa shape index (κ3) is 2.94. The average molecular weight is 340 g/mol. The quantitative estimate of drug-likeness (QED) is 0.646. The summed E-state index contributed by atoms with van der Waals surface area (Å²) in [5, 5.41) is 5.11. The van der Waals surface area contributed by atoms with Crippen LogP contribution in [-0.2, 0) is 4.79 Å². The molecule has 0 radical (unpaired) electrons. The SMILES string of the molecule is O=C(/C=C/c1ccsc1)N1CCC[C@H]1c1nc2ccccc2s1. The van der Waals surface area contributed by atoms with Gasteiger partial charge >= 0.3 is 0 Å². The molecule has 1 saturated heterocycles. The first-order chi connectivity index (χ1) is 11.3. The number of nitrogens with zero attached hydrogens (tertiary/aromatic N) is 2. The molecule has 2 aromatic heterocycles. The van der Waals surface area contributed by atoms with Crippen LogP contribution in [0, 0.1) is 0 Å². The fourth-order valence-electron chi connectivity index (χ4n) is 2.95. The number of rotatable bonds is 3. The van der Waals surface area contributed by atoms with Gasteiger partial charge in [0, 0.05) is 12.6 Å². The third-order valence-corrected chi connectivity index (χ3v) is 5.93. The minimum absolute atomic E-state index is 0.0814. The van der Waals surface area contributed by atoms with Gasteiger partial charge in [0.15, 0.2) is 0 Å². The number of likely N-dealkylation sites (tertiary alicyclic amines) is 1. The fourth-order valence-corrected chi connectivity index (χ4v) is 4.70. The van der Waals surface area contributed by atoms with Gasteiger partial charge in [-0.15, -0.1) is 11.3 Å². The van der Waals surface area contributed by atoms with E-state index in [0.717, 1.165) is 35.5 Å². The van der Waals surface area contributed by atoms with Gasteiger partial charge < -0.3 is 4.90 Å². The zero-order chi connectivity index (χ0) is 15.6. The van der Waals surface area contributed by atoms with Crippen molar-refractivity contribution < 1.29 is 4.79 Å². The molecule has 1 aliphatic rings. The van der Waals surface area contributed by atoms with E-state index in [1.807, 2.05) is 46.0 Å². The highest BCUT2D eigenvalue weighted by Gasteiger charge is 2.31. The summed E-state index contributed by atoms with van der Waals surface area (Å²) < 4.78 is 1.19. The molecule has 5 heteroatoms. The molecule has 1 aromatic carbocycles. The van der Waals surface area contributed by atoms with Crippen LogP contribution in [0.25, 0.3) is 16.3 Å². The maximum absolute atomic E-state index is 12.6. The van der Waals surface area contributed by atoms with E-state index in [1.165, 1.54) is 4.70 Å². The van der Waals surface area contributed by atoms with Crippen LogP contribution < -0.4 is 0 Å². The van der Waals surface area contributed by atoms with E-state index in [2.05, 4.69) is 6.07 Å². The van der Waals surface area contributed by atoms with Crippen LogP contribution in [0.3, 0.4) is 0 Å². The molecule has 0 unspecified atom stereocenters. The van der Waals surface area contributed by atoms with E-state index < -0.39 is 0 Å². The highest BCUT2D eigenvalue weighted by molar-refractivity contribution is 7.18. The molecule has 1 atom stereocenters. The Balaban J connectivity index is 1.57. The Bertz CT molecular complexity index is 818. The van der Waals surface area contributed by atoms with E-state index >= 15 is 0 Å². The molecule has 1 fully saturated rings. The van der Waals surface area contributed by atoms with E-state index in [4.69, 9.17) is 4.98 Å². The van der Waals surface area contributed by atoms with Crippen molar-refractivity contribution in [3.05, 3.63) is 57.7 Å². The van der Waals surface area contributed by atoms with Gasteiger partial charge in [0.05, 0.1) is 16.3 Å². The minimum atomic E-state index is 0.0814. The third-order valence-electron chi connectivity index (χ3n) is 4.09. The lowest BCUT2D eigenvalue weighted by atomic mass is 10.2. The molecule has 1 amide bonds. The number of aromatic nitrogens is 1. The van der Waals surface area contributed by atoms with Gasteiger partial charge in [0.2, 0.25) is 5.91 Å². The summed E-state index contributed by atoms with van der Waals surface area (Å²) in [6.45, 7) is 0.813. The number of para-hydroxylation sites is 1. The maximum atomic E-state index is 12.6. The summed E-state index contributed by atoms with van der Waals surface area (Å²) >= 11 is 3.34. The van der Waals surface area contributed by atoms with Crippen molar-refractivity contribution >= 4 is 44.9 Å². The van der Waals surface area contributed by atoms with Crippen molar-refractivity contribution in [3.63, 3.8) is 0 Å². The highest BCUT2D eigenvalue weighted by Crippen LogP contribution is 2.36. The molecule has 3 nitrogen and oxygen atoms in total. The van der Waals surface area contributed by atoms with Crippen LogP contribution in [-0.4, -0.2) is 22.3 Å². The van der Waals surface area contributed by atoms with Crippen LogP contribution in [0.15, 0.2) is 47.2 Å². The number of fused-ring (bicyclic) bond motifs is 1. The Morgan fingerprint density at radius 1 is 1.30 bits per heavy atom. The monoisotopic (exact) mass is 340 g/mol. The molecule has 0 aliphatic carbocycles. The maximum Gasteiger partial charge on any atom is 0.247 e. The molecule has 0 spiro atoms. The molecular weight excluding hydrogens is 324 g/mol. The van der Waals surface area contributed by atoms with Gasteiger partial charge in [0.25, 0.3) is 0 Å². The molecule has 4 rings (SSSR count). The zero-order valence-electron chi connectivity index (χ0n) is 12.5. The van der Waals surface area contributed by atoms with Gasteiger partial charge in [-0.3, -0.25) is 4.79 Å². The topological polar surface area (TPSA) is 33.2 Å². The summed E-state index contributed by atoms with van der Waals surface area (Å²) in [5.74, 6) is 0.0814. The Kier molecular flexibility index (Phi) is 3.97. The first-order valence-electron chi connectivity index (χ1n) is 7.67. The van der Waals surface area contributed by atoms with Crippen LogP contribution in [0.5, 0.6) is 0 Å². The number of benzene rings is 1. The smallest absolute Gasteiger partial charge is 0.247 e. The molecule has 0 bridgehead atoms. The fraction of sp³-hybridized carbons (Fsp3) is 0.222. The van der Waals surface area contributed by atoms with Gasteiger partial charge in [-0.25, -0.2) is 4.98 Å². The summed E-state index contributed by atoms with van der Waals surface area (Å²) in [7, 11) is 0. The lowest BCUT2D eigenvalue weighted by molar-refractivity contribution is -0.126. The Hall–Kier alpha value is -1.98. The first kappa shape index (κ1) is 14.6. The Morgan fingerprint density at radius 3 is 3.04 bits per heavy atom. The second kappa shape index (κ2) is 6.26. The number of carbonyl (C=O) groups excluding carboxylic acids is 1. The molecule has 116 valence electrons. The van der Waals surface area contributed by atoms with Crippen molar-refractivity contribution in [2.24, 2.45) is 0 Å². The number of thiophene rings is 1. The van der Waals surface area contributed by atoms with E-state index in [0.29, 0.717) is 0 Å². The van der Waals surface area contributed by atoms with Gasteiger partial charge in [-0.05, 0) is 53.4 Å². The minimum Gasteiger partial charge on any atom is -0.330 e. The van der Waals surface area contributed by atoms with E-state index in [-0.39, 0.29) is 11.9 Å². The molecule has 0 N–H and O–H groups in total. The second-order valence-corrected chi connectivity index (χ2v) is 7.44. The summed E-state index contributed by atoms with van der Waals surface area (Å²) in [5.41, 5.74) is 2.11. The van der Waals surface area contributed by atoms with Crippen molar-refractivity contribution in [2.75, 3.05) is 6.54 Å². The molecule has 23 heavy (non-hydrogen) atoms. The summed E-state index contributed by atoms with van der Waals surface area (Å²) in [6.07, 6.45) is 5.62. The van der Waals surface area contributed by atoms with Crippen LogP contribution >= 0.6 is 22.7 Å². The van der Waals surface area contributed by atoms with Gasteiger partial charge in [-0.1, -0.05) is 12.1 Å². The number of thiazole rings is 1. The lowest BCUT2D eigenvalue weighted by Crippen LogP contribution is -2.28. The zero-order valence-corrected chi connectivity index (χ0v) is 14.1. The van der Waals surface area contributed by atoms with Crippen LogP contribution in [0.4, 0.5) is 0 Å². The predicted octanol–water partition coefficient (Wildman–Crippen LogP) is 4.73. The van der Waals surface area contributed by atoms with Gasteiger partial charge in [0.1, 0.15) is 5.01 Å². The summed E-state index contributed by atoms with van der Waals surface area (Å²) in [4.78, 5) is 19.3. The predicted molar refractivity (Wildman–Crippen MR) is 96.7 cm³/mol. The van der Waals surface area contributed by atoms with Crippen molar-refractivity contribution in [1.29, 1.82) is 0 Å². The lowest BCUT2D eigenvalue weighted by Gasteiger charge is -2.21. The number of hydrogen-bond acceptors (Lipinski definition) is 4. The first-order valence-corrected chi connectivity index (χ1v) is 9.43. The molecule has 0 saturated carbocycles. The number of hydrogen-bond donors (Lipinski definition) is 0. The van der Waals surface area contributed by atoms with Crippen molar-refractivity contribution in [3.8, 4) is 0 Å². The van der Waals surface area contributed by atoms with Crippen molar-refractivity contribution in [2.45, 2.75) is 18.9 Å². The van der Waals surface area contributed by atoms with Crippen LogP contribution in [0.1, 0.15) is 29.5 Å². The molecule has 3 aromatic rings. The molecule has 3 heterocycles. The Labute approximate surface area is 142 Å². The number of amides is 1. The Morgan fingerprint density at radius 2 is 2.22 bits per heavy atom. The van der Waals surface area contributed by atoms with Crippen molar-refractivity contribution in [1.82, 2.24) is 9.88 Å². The molecule has 1 aliphatic heterocycles. The average Bonchev–Trinajstić information content (AvgIpc) is 3.31. The molecular formula is C18H16N2OS2. The number of carbonyl (C=O) groups is 1. The normalized spacial score (nSPS) is 18.3. The largest absolute Gasteiger partial charge is 0.330 e. The standard InChI is InChI=1S/C18H16N2OS2/c21-17(8-7-13-9-11-22-12-13)20-10-3-5-15(20)18-19-14-4-1-2-6-16(14)23-18/h1-2,4,6-9,11-12,15H,3,5,10H2/b8-7+/t15-/m0/s1. The second-order valence-electron chi connectivity index (χ2n) is 5.60. The summed E-state index contributed by atoms with van der Waals surface area (Å²) in [6, 6.07) is 10.3. The van der Waals surface area contributed by atoms with E-state index in [1.54, 1.807) is 28.7 Å². The highest BCUT2D eigenvalue weighted by atomic mass is 32.1. The van der Waals surface area contributed by atoms with Gasteiger partial charge in [-0.2, -0.15) is 11.3 Å². The van der Waals surface area contributed by atoms with Crippen LogP contribution in [0.2, 0.25) is 0 Å².